The molecule has 3 rings (SSSR count). The number of methoxy groups -OCH3 is 1. The van der Waals surface area contributed by atoms with Crippen LogP contribution in [0.4, 0.5) is 5.69 Å². The predicted octanol–water partition coefficient (Wildman–Crippen LogP) is 5.18. The molecule has 3 nitrogen and oxygen atoms in total. The first kappa shape index (κ1) is 17.3. The third-order valence-electron chi connectivity index (χ3n) is 4.28. The minimum absolute atomic E-state index is 0.580. The Morgan fingerprint density at radius 1 is 1.12 bits per heavy atom. The van der Waals surface area contributed by atoms with Crippen LogP contribution >= 0.6 is 11.6 Å². The maximum Gasteiger partial charge on any atom is 0.185 e. The molecule has 0 saturated carbocycles. The molecule has 0 aromatic heterocycles. The summed E-state index contributed by atoms with van der Waals surface area (Å²) in [5.41, 5.74) is 3.70. The molecule has 1 heterocycles. The molecule has 0 fully saturated rings. The average Bonchev–Trinajstić information content (AvgIpc) is 2.85. The van der Waals surface area contributed by atoms with Gasteiger partial charge in [-0.3, -0.25) is 0 Å². The van der Waals surface area contributed by atoms with Crippen LogP contribution in [0.2, 0.25) is 24.7 Å². The van der Waals surface area contributed by atoms with E-state index in [0.717, 1.165) is 33.1 Å². The van der Waals surface area contributed by atoms with E-state index >= 15 is 0 Å². The van der Waals surface area contributed by atoms with E-state index in [1.807, 2.05) is 31.2 Å². The summed E-state index contributed by atoms with van der Waals surface area (Å²) < 4.78 is 12.4. The van der Waals surface area contributed by atoms with Gasteiger partial charge in [-0.25, -0.2) is 0 Å². The highest BCUT2D eigenvalue weighted by Gasteiger charge is 2.46. The molecule has 1 atom stereocenters. The number of nitrogens with one attached hydrogen (secondary N) is 1. The molecule has 0 spiro atoms. The molecule has 2 aromatic carbocycles. The fourth-order valence-electron chi connectivity index (χ4n) is 3.36. The molecule has 2 aromatic rings. The molecule has 1 N–H and O–H groups in total. The first-order valence-electron chi connectivity index (χ1n) is 8.15. The van der Waals surface area contributed by atoms with Gasteiger partial charge in [-0.15, -0.1) is 0 Å². The number of aryl methyl sites for hydroxylation is 1. The first-order valence-corrected chi connectivity index (χ1v) is 11.9. The molecule has 0 bridgehead atoms. The Labute approximate surface area is 150 Å². The maximum atomic E-state index is 6.77. The van der Waals surface area contributed by atoms with Gasteiger partial charge in [0.15, 0.2) is 8.32 Å². The normalized spacial score (nSPS) is 19.8. The van der Waals surface area contributed by atoms with Crippen LogP contribution in [0.1, 0.15) is 16.7 Å². The summed E-state index contributed by atoms with van der Waals surface area (Å²) in [4.78, 5) is 0. The van der Waals surface area contributed by atoms with Gasteiger partial charge in [0.25, 0.3) is 0 Å². The van der Waals surface area contributed by atoms with Gasteiger partial charge in [-0.1, -0.05) is 29.8 Å². The van der Waals surface area contributed by atoms with Crippen molar-refractivity contribution >= 4 is 25.6 Å². The molecule has 24 heavy (non-hydrogen) atoms. The molecule has 0 radical (unpaired) electrons. The number of hydrogen-bond donors (Lipinski definition) is 1. The number of halogens is 1. The molecule has 0 amide bonds. The molecule has 1 aliphatic heterocycles. The highest BCUT2D eigenvalue weighted by atomic mass is 35.5. The van der Waals surface area contributed by atoms with Crippen LogP contribution in [-0.2, 0) is 10.0 Å². The fourth-order valence-corrected chi connectivity index (χ4v) is 4.87. The first-order chi connectivity index (χ1) is 11.3. The summed E-state index contributed by atoms with van der Waals surface area (Å²) in [6.07, 6.45) is 0. The Morgan fingerprint density at radius 2 is 1.83 bits per heavy atom. The van der Waals surface area contributed by atoms with Crippen molar-refractivity contribution in [2.75, 3.05) is 19.0 Å². The lowest BCUT2D eigenvalue weighted by Gasteiger charge is -2.37. The molecular formula is C19H24ClNO2Si. The number of hydrogen-bond acceptors (Lipinski definition) is 3. The fraction of sp³-hybridized carbons (Fsp3) is 0.368. The maximum absolute atomic E-state index is 6.77. The highest BCUT2D eigenvalue weighted by Crippen LogP contribution is 2.48. The van der Waals surface area contributed by atoms with E-state index in [2.05, 4.69) is 37.1 Å². The third-order valence-corrected chi connectivity index (χ3v) is 5.65. The highest BCUT2D eigenvalue weighted by molar-refractivity contribution is 6.69. The molecule has 1 aliphatic rings. The number of ether oxygens (including phenoxy) is 1. The third kappa shape index (κ3) is 2.94. The van der Waals surface area contributed by atoms with Crippen molar-refractivity contribution in [2.24, 2.45) is 0 Å². The second-order valence-electron chi connectivity index (χ2n) is 7.24. The Bertz CT molecular complexity index is 772. The zero-order valence-corrected chi connectivity index (χ0v) is 16.6. The summed E-state index contributed by atoms with van der Waals surface area (Å²) in [5, 5.41) is 4.27. The van der Waals surface area contributed by atoms with E-state index < -0.39 is 13.9 Å². The van der Waals surface area contributed by atoms with Crippen molar-refractivity contribution < 1.29 is 9.16 Å². The lowest BCUT2D eigenvalue weighted by Crippen LogP contribution is -2.43. The van der Waals surface area contributed by atoms with Crippen LogP contribution in [-0.4, -0.2) is 22.0 Å². The zero-order chi connectivity index (χ0) is 17.5. The average molecular weight is 362 g/mol. The van der Waals surface area contributed by atoms with Crippen molar-refractivity contribution in [3.63, 3.8) is 0 Å². The van der Waals surface area contributed by atoms with Gasteiger partial charge in [0.2, 0.25) is 0 Å². The van der Waals surface area contributed by atoms with E-state index in [4.69, 9.17) is 20.8 Å². The van der Waals surface area contributed by atoms with Crippen molar-refractivity contribution in [3.05, 3.63) is 58.1 Å². The van der Waals surface area contributed by atoms with Gasteiger partial charge < -0.3 is 14.5 Å². The van der Waals surface area contributed by atoms with Gasteiger partial charge in [0.1, 0.15) is 11.4 Å². The van der Waals surface area contributed by atoms with Crippen molar-refractivity contribution in [3.8, 4) is 5.75 Å². The summed E-state index contributed by atoms with van der Waals surface area (Å²) in [6.45, 7) is 9.31. The quantitative estimate of drug-likeness (QED) is 0.761. The van der Waals surface area contributed by atoms with E-state index in [9.17, 15) is 0 Å². The summed E-state index contributed by atoms with van der Waals surface area (Å²) in [7, 11) is -0.150. The molecule has 0 saturated heterocycles. The van der Waals surface area contributed by atoms with E-state index in [1.165, 1.54) is 0 Å². The number of benzene rings is 2. The zero-order valence-electron chi connectivity index (χ0n) is 14.9. The van der Waals surface area contributed by atoms with Gasteiger partial charge in [0.05, 0.1) is 13.7 Å². The number of rotatable bonds is 4. The Hall–Kier alpha value is -1.49. The van der Waals surface area contributed by atoms with Crippen molar-refractivity contribution in [1.29, 1.82) is 0 Å². The second-order valence-corrected chi connectivity index (χ2v) is 12.1. The van der Waals surface area contributed by atoms with Crippen molar-refractivity contribution in [1.82, 2.24) is 0 Å². The number of fused-ring (bicyclic) bond motifs is 1. The lowest BCUT2D eigenvalue weighted by atomic mass is 9.87. The van der Waals surface area contributed by atoms with E-state index in [1.54, 1.807) is 7.11 Å². The van der Waals surface area contributed by atoms with Gasteiger partial charge in [0, 0.05) is 21.8 Å². The van der Waals surface area contributed by atoms with Crippen LogP contribution < -0.4 is 10.1 Å². The van der Waals surface area contributed by atoms with Crippen LogP contribution in [0.3, 0.4) is 0 Å². The molecule has 0 aliphatic carbocycles. The Morgan fingerprint density at radius 3 is 2.50 bits per heavy atom. The van der Waals surface area contributed by atoms with Gasteiger partial charge >= 0.3 is 0 Å². The van der Waals surface area contributed by atoms with Crippen molar-refractivity contribution in [2.45, 2.75) is 32.2 Å². The minimum Gasteiger partial charge on any atom is -0.496 e. The molecule has 128 valence electrons. The van der Waals surface area contributed by atoms with E-state index in [-0.39, 0.29) is 0 Å². The predicted molar refractivity (Wildman–Crippen MR) is 103 cm³/mol. The van der Waals surface area contributed by atoms with Crippen LogP contribution in [0, 0.1) is 6.92 Å². The molecule has 5 heteroatoms. The van der Waals surface area contributed by atoms with Crippen LogP contribution in [0.25, 0.3) is 0 Å². The SMILES string of the molecule is COc1ccccc1C1(O[Si](C)(C)C)CNc2cc(C)c(Cl)cc21. The number of anilines is 1. The number of para-hydroxylation sites is 1. The lowest BCUT2D eigenvalue weighted by molar-refractivity contribution is 0.121. The largest absolute Gasteiger partial charge is 0.496 e. The molecule has 1 unspecified atom stereocenters. The standard InChI is InChI=1S/C19H24ClNO2Si/c1-13-10-17-15(11-16(13)20)19(12-21-17,23-24(3,4)5)14-8-6-7-9-18(14)22-2/h6-11,21H,12H2,1-5H3. The summed E-state index contributed by atoms with van der Waals surface area (Å²) in [5.74, 6) is 0.835. The monoisotopic (exact) mass is 361 g/mol. The smallest absolute Gasteiger partial charge is 0.185 e. The topological polar surface area (TPSA) is 30.5 Å². The van der Waals surface area contributed by atoms with Gasteiger partial charge in [-0.05, 0) is 50.3 Å². The second kappa shape index (κ2) is 6.10. The Kier molecular flexibility index (Phi) is 4.41. The minimum atomic E-state index is -1.85. The Balaban J connectivity index is 2.26. The van der Waals surface area contributed by atoms with E-state index in [0.29, 0.717) is 6.54 Å². The molecular weight excluding hydrogens is 338 g/mol. The summed E-state index contributed by atoms with van der Waals surface area (Å²) >= 11 is 6.45. The van der Waals surface area contributed by atoms with Crippen LogP contribution in [0.15, 0.2) is 36.4 Å². The van der Waals surface area contributed by atoms with Crippen LogP contribution in [0.5, 0.6) is 5.75 Å². The summed E-state index contributed by atoms with van der Waals surface area (Å²) in [6, 6.07) is 12.2. The van der Waals surface area contributed by atoms with Gasteiger partial charge in [-0.2, -0.15) is 0 Å².